The van der Waals surface area contributed by atoms with Gasteiger partial charge in [0, 0.05) is 6.54 Å². The van der Waals surface area contributed by atoms with Crippen LogP contribution in [0.1, 0.15) is 25.7 Å². The summed E-state index contributed by atoms with van der Waals surface area (Å²) in [7, 11) is 0. The Labute approximate surface area is 92.7 Å². The maximum Gasteiger partial charge on any atom is 0.327 e. The molecule has 1 unspecified atom stereocenters. The van der Waals surface area contributed by atoms with Gasteiger partial charge in [-0.05, 0) is 19.3 Å². The normalized spacial score (nSPS) is 20.5. The van der Waals surface area contributed by atoms with Gasteiger partial charge in [0.15, 0.2) is 0 Å². The second kappa shape index (κ2) is 5.87. The van der Waals surface area contributed by atoms with E-state index in [0.29, 0.717) is 13.0 Å². The van der Waals surface area contributed by atoms with Crippen LogP contribution < -0.4 is 11.1 Å². The molecule has 1 heterocycles. The van der Waals surface area contributed by atoms with Crippen LogP contribution in [0.4, 0.5) is 9.59 Å². The van der Waals surface area contributed by atoms with Gasteiger partial charge in [0.1, 0.15) is 6.17 Å². The number of nitrogens with two attached hydrogens (primary N) is 1. The standard InChI is InChI=1S/C9H14N4O3/c10-8(15)12-9(16)13-5-3-1-2-4-7(13)11-6-14/h7H,1-5H2,(H3,10,12,15,16). The van der Waals surface area contributed by atoms with Crippen molar-refractivity contribution in [3.05, 3.63) is 0 Å². The van der Waals surface area contributed by atoms with E-state index in [2.05, 4.69) is 4.99 Å². The topological polar surface area (TPSA) is 105 Å². The van der Waals surface area contributed by atoms with Crippen molar-refractivity contribution < 1.29 is 14.4 Å². The molecule has 1 atom stereocenters. The molecule has 0 aliphatic carbocycles. The summed E-state index contributed by atoms with van der Waals surface area (Å²) in [6.45, 7) is 0.453. The predicted octanol–water partition coefficient (Wildman–Crippen LogP) is 0.313. The van der Waals surface area contributed by atoms with E-state index < -0.39 is 18.2 Å². The van der Waals surface area contributed by atoms with Crippen molar-refractivity contribution in [2.24, 2.45) is 10.7 Å². The summed E-state index contributed by atoms with van der Waals surface area (Å²) in [5, 5.41) is 1.96. The summed E-state index contributed by atoms with van der Waals surface area (Å²) < 4.78 is 0. The lowest BCUT2D eigenvalue weighted by atomic mass is 10.2. The van der Waals surface area contributed by atoms with E-state index in [1.165, 1.54) is 11.0 Å². The van der Waals surface area contributed by atoms with Gasteiger partial charge in [-0.25, -0.2) is 14.4 Å². The lowest BCUT2D eigenvalue weighted by molar-refractivity contribution is 0.178. The Morgan fingerprint density at radius 3 is 2.75 bits per heavy atom. The molecular formula is C9H14N4O3. The number of nitrogens with zero attached hydrogens (tertiary/aromatic N) is 2. The fourth-order valence-corrected chi connectivity index (χ4v) is 1.70. The molecule has 1 aliphatic heterocycles. The molecule has 0 saturated carbocycles. The summed E-state index contributed by atoms with van der Waals surface area (Å²) in [5.74, 6) is 0. The molecule has 3 N–H and O–H groups in total. The first-order chi connectivity index (χ1) is 7.65. The average Bonchev–Trinajstić information content (AvgIpc) is 2.42. The van der Waals surface area contributed by atoms with Gasteiger partial charge in [0.2, 0.25) is 6.08 Å². The summed E-state index contributed by atoms with van der Waals surface area (Å²) >= 11 is 0. The summed E-state index contributed by atoms with van der Waals surface area (Å²) in [6.07, 6.45) is 4.16. The van der Waals surface area contributed by atoms with Gasteiger partial charge >= 0.3 is 12.1 Å². The van der Waals surface area contributed by atoms with Gasteiger partial charge in [-0.15, -0.1) is 0 Å². The number of carbonyl (C=O) groups excluding carboxylic acids is 3. The highest BCUT2D eigenvalue weighted by Crippen LogP contribution is 2.17. The molecule has 4 amide bonds. The number of rotatable bonds is 1. The van der Waals surface area contributed by atoms with E-state index in [1.54, 1.807) is 0 Å². The highest BCUT2D eigenvalue weighted by atomic mass is 16.2. The van der Waals surface area contributed by atoms with E-state index in [-0.39, 0.29) is 0 Å². The summed E-state index contributed by atoms with van der Waals surface area (Å²) in [5.41, 5.74) is 4.85. The second-order valence-electron chi connectivity index (χ2n) is 3.54. The van der Waals surface area contributed by atoms with Crippen molar-refractivity contribution in [3.8, 4) is 0 Å². The minimum absolute atomic E-state index is 0.453. The van der Waals surface area contributed by atoms with Gasteiger partial charge in [-0.1, -0.05) is 6.42 Å². The van der Waals surface area contributed by atoms with Crippen LogP contribution in [0.5, 0.6) is 0 Å². The average molecular weight is 226 g/mol. The molecule has 7 nitrogen and oxygen atoms in total. The van der Waals surface area contributed by atoms with Crippen LogP contribution in [0.15, 0.2) is 4.99 Å². The Hall–Kier alpha value is -1.88. The first-order valence-electron chi connectivity index (χ1n) is 5.09. The van der Waals surface area contributed by atoms with Gasteiger partial charge in [-0.3, -0.25) is 5.32 Å². The minimum Gasteiger partial charge on any atom is -0.351 e. The number of aliphatic imine (C=N–C) groups is 1. The van der Waals surface area contributed by atoms with Gasteiger partial charge in [0.25, 0.3) is 0 Å². The van der Waals surface area contributed by atoms with Crippen LogP contribution in [-0.2, 0) is 4.79 Å². The van der Waals surface area contributed by atoms with Crippen LogP contribution in [0.3, 0.4) is 0 Å². The van der Waals surface area contributed by atoms with E-state index in [0.717, 1.165) is 19.3 Å². The van der Waals surface area contributed by atoms with Crippen LogP contribution in [0.25, 0.3) is 0 Å². The third-order valence-corrected chi connectivity index (χ3v) is 2.41. The number of primary amides is 1. The molecule has 0 bridgehead atoms. The molecule has 7 heteroatoms. The van der Waals surface area contributed by atoms with Crippen LogP contribution in [0, 0.1) is 0 Å². The number of hydrogen-bond acceptors (Lipinski definition) is 4. The lowest BCUT2D eigenvalue weighted by Gasteiger charge is -2.25. The third kappa shape index (κ3) is 3.36. The van der Waals surface area contributed by atoms with Gasteiger partial charge in [-0.2, -0.15) is 4.99 Å². The molecule has 0 radical (unpaired) electrons. The Bertz CT molecular complexity index is 325. The second-order valence-corrected chi connectivity index (χ2v) is 3.54. The number of urea groups is 2. The van der Waals surface area contributed by atoms with Crippen LogP contribution in [-0.4, -0.2) is 35.8 Å². The Morgan fingerprint density at radius 1 is 1.38 bits per heavy atom. The zero-order valence-electron chi connectivity index (χ0n) is 8.81. The molecule has 1 fully saturated rings. The fourth-order valence-electron chi connectivity index (χ4n) is 1.70. The molecular weight excluding hydrogens is 212 g/mol. The first kappa shape index (κ1) is 12.2. The maximum absolute atomic E-state index is 11.6. The molecule has 0 aromatic rings. The number of imide groups is 1. The zero-order chi connectivity index (χ0) is 12.0. The van der Waals surface area contributed by atoms with E-state index in [4.69, 9.17) is 5.73 Å². The summed E-state index contributed by atoms with van der Waals surface area (Å²) in [4.78, 5) is 37.3. The van der Waals surface area contributed by atoms with E-state index >= 15 is 0 Å². The molecule has 1 aliphatic rings. The van der Waals surface area contributed by atoms with Crippen LogP contribution in [0.2, 0.25) is 0 Å². The molecule has 0 spiro atoms. The van der Waals surface area contributed by atoms with Crippen molar-refractivity contribution in [1.82, 2.24) is 10.2 Å². The zero-order valence-corrected chi connectivity index (χ0v) is 8.81. The SMILES string of the molecule is NC(=O)NC(=O)N1CCCCCC1N=C=O. The Balaban J connectivity index is 2.74. The van der Waals surface area contributed by atoms with Crippen molar-refractivity contribution >= 4 is 18.1 Å². The maximum atomic E-state index is 11.6. The Morgan fingerprint density at radius 2 is 2.12 bits per heavy atom. The number of likely N-dealkylation sites (tertiary alicyclic amines) is 1. The Kier molecular flexibility index (Phi) is 4.47. The largest absolute Gasteiger partial charge is 0.351 e. The van der Waals surface area contributed by atoms with E-state index in [1.807, 2.05) is 5.32 Å². The summed E-state index contributed by atoms with van der Waals surface area (Å²) in [6, 6.07) is -1.53. The number of nitrogens with one attached hydrogen (secondary N) is 1. The van der Waals surface area contributed by atoms with Crippen molar-refractivity contribution in [3.63, 3.8) is 0 Å². The molecule has 0 aromatic heterocycles. The molecule has 16 heavy (non-hydrogen) atoms. The lowest BCUT2D eigenvalue weighted by Crippen LogP contribution is -2.48. The first-order valence-corrected chi connectivity index (χ1v) is 5.09. The monoisotopic (exact) mass is 226 g/mol. The van der Waals surface area contributed by atoms with Gasteiger partial charge < -0.3 is 10.6 Å². The number of carbonyl (C=O) groups is 2. The third-order valence-electron chi connectivity index (χ3n) is 2.41. The highest BCUT2D eigenvalue weighted by molar-refractivity contribution is 5.92. The number of hydrogen-bond donors (Lipinski definition) is 2. The highest BCUT2D eigenvalue weighted by Gasteiger charge is 2.25. The molecule has 0 aromatic carbocycles. The number of isocyanates is 1. The van der Waals surface area contributed by atoms with E-state index in [9.17, 15) is 14.4 Å². The quantitative estimate of drug-likeness (QED) is 0.496. The van der Waals surface area contributed by atoms with Crippen molar-refractivity contribution in [2.45, 2.75) is 31.8 Å². The molecule has 88 valence electrons. The fraction of sp³-hybridized carbons (Fsp3) is 0.667. The number of amides is 4. The van der Waals surface area contributed by atoms with Gasteiger partial charge in [0.05, 0.1) is 0 Å². The van der Waals surface area contributed by atoms with Crippen molar-refractivity contribution in [1.29, 1.82) is 0 Å². The molecule has 1 saturated heterocycles. The smallest absolute Gasteiger partial charge is 0.327 e. The minimum atomic E-state index is -0.914. The predicted molar refractivity (Wildman–Crippen MR) is 55.2 cm³/mol. The van der Waals surface area contributed by atoms with Crippen LogP contribution >= 0.6 is 0 Å². The van der Waals surface area contributed by atoms with Crippen molar-refractivity contribution in [2.75, 3.05) is 6.54 Å². The molecule has 1 rings (SSSR count).